The van der Waals surface area contributed by atoms with Gasteiger partial charge in [0.2, 0.25) is 0 Å². The molecule has 2 heterocycles. The van der Waals surface area contributed by atoms with Crippen molar-refractivity contribution in [3.05, 3.63) is 43.0 Å². The molecule has 6 nitrogen and oxygen atoms in total. The number of hydrogen-bond acceptors (Lipinski definition) is 5. The standard InChI is InChI=1S/C17H20N2O4S/c20-24(21,11-16-10-17(12-22-16)6-1-7-17)23-15-4-2-14(3-5-15)19-9-8-18-13-19/h2-5,8-9,13,16H,1,6-7,10-12H2. The molecule has 1 saturated heterocycles. The van der Waals surface area contributed by atoms with E-state index in [1.165, 1.54) is 6.42 Å². The quantitative estimate of drug-likeness (QED) is 0.777. The SMILES string of the molecule is O=S(=O)(CC1CC2(CCC2)CO1)Oc1ccc(-n2ccnc2)cc1. The van der Waals surface area contributed by atoms with Crippen LogP contribution in [0.1, 0.15) is 25.7 Å². The van der Waals surface area contributed by atoms with Crippen LogP contribution in [-0.2, 0) is 14.9 Å². The predicted octanol–water partition coefficient (Wildman–Crippen LogP) is 2.54. The lowest BCUT2D eigenvalue weighted by molar-refractivity contribution is 0.0747. The number of nitrogens with zero attached hydrogens (tertiary/aromatic N) is 2. The van der Waals surface area contributed by atoms with Crippen LogP contribution in [0, 0.1) is 5.41 Å². The van der Waals surface area contributed by atoms with Gasteiger partial charge in [-0.1, -0.05) is 6.42 Å². The molecule has 2 aromatic rings. The monoisotopic (exact) mass is 348 g/mol. The molecule has 1 atom stereocenters. The van der Waals surface area contributed by atoms with Crippen molar-refractivity contribution in [3.8, 4) is 11.4 Å². The highest BCUT2D eigenvalue weighted by molar-refractivity contribution is 7.87. The Morgan fingerprint density at radius 2 is 2.08 bits per heavy atom. The summed E-state index contributed by atoms with van der Waals surface area (Å²) >= 11 is 0. The van der Waals surface area contributed by atoms with Gasteiger partial charge in [0.25, 0.3) is 0 Å². The predicted molar refractivity (Wildman–Crippen MR) is 88.6 cm³/mol. The number of aromatic nitrogens is 2. The van der Waals surface area contributed by atoms with Crippen LogP contribution in [0.4, 0.5) is 0 Å². The van der Waals surface area contributed by atoms with Gasteiger partial charge in [-0.2, -0.15) is 8.42 Å². The fraction of sp³-hybridized carbons (Fsp3) is 0.471. The van der Waals surface area contributed by atoms with Crippen LogP contribution in [0.15, 0.2) is 43.0 Å². The van der Waals surface area contributed by atoms with Crippen molar-refractivity contribution in [2.45, 2.75) is 31.8 Å². The van der Waals surface area contributed by atoms with E-state index >= 15 is 0 Å². The Kier molecular flexibility index (Phi) is 3.85. The average Bonchev–Trinajstić information content (AvgIpc) is 3.16. The second-order valence-electron chi connectivity index (χ2n) is 6.76. The summed E-state index contributed by atoms with van der Waals surface area (Å²) in [6.45, 7) is 0.687. The summed E-state index contributed by atoms with van der Waals surface area (Å²) in [6.07, 6.45) is 9.30. The summed E-state index contributed by atoms with van der Waals surface area (Å²) in [5.41, 5.74) is 1.13. The van der Waals surface area contributed by atoms with Crippen molar-refractivity contribution >= 4 is 10.1 Å². The van der Waals surface area contributed by atoms with Gasteiger partial charge in [-0.25, -0.2) is 4.98 Å². The summed E-state index contributed by atoms with van der Waals surface area (Å²) in [6, 6.07) is 6.88. The van der Waals surface area contributed by atoms with Gasteiger partial charge in [-0.05, 0) is 48.9 Å². The first-order chi connectivity index (χ1) is 11.5. The topological polar surface area (TPSA) is 70.4 Å². The maximum atomic E-state index is 12.3. The van der Waals surface area contributed by atoms with Crippen LogP contribution in [0.5, 0.6) is 5.75 Å². The third kappa shape index (κ3) is 3.18. The second kappa shape index (κ2) is 5.89. The van der Waals surface area contributed by atoms with Crippen LogP contribution >= 0.6 is 0 Å². The third-order valence-corrected chi connectivity index (χ3v) is 6.18. The van der Waals surface area contributed by atoms with Crippen LogP contribution < -0.4 is 4.18 Å². The summed E-state index contributed by atoms with van der Waals surface area (Å²) in [5, 5.41) is 0. The lowest BCUT2D eigenvalue weighted by Crippen LogP contribution is -2.30. The lowest BCUT2D eigenvalue weighted by atomic mass is 9.68. The number of rotatable bonds is 5. The van der Waals surface area contributed by atoms with Crippen molar-refractivity contribution in [3.63, 3.8) is 0 Å². The fourth-order valence-corrected chi connectivity index (χ4v) is 4.66. The van der Waals surface area contributed by atoms with E-state index in [1.54, 1.807) is 36.8 Å². The van der Waals surface area contributed by atoms with E-state index in [1.807, 2.05) is 10.8 Å². The highest BCUT2D eigenvalue weighted by atomic mass is 32.2. The van der Waals surface area contributed by atoms with Gasteiger partial charge >= 0.3 is 10.1 Å². The van der Waals surface area contributed by atoms with E-state index in [9.17, 15) is 8.42 Å². The Balaban J connectivity index is 1.38. The third-order valence-electron chi connectivity index (χ3n) is 4.95. The molecule has 1 saturated carbocycles. The normalized spacial score (nSPS) is 22.4. The van der Waals surface area contributed by atoms with Crippen molar-refractivity contribution in [2.24, 2.45) is 5.41 Å². The molecule has 0 N–H and O–H groups in total. The molecule has 2 aliphatic rings. The van der Waals surface area contributed by atoms with E-state index in [0.717, 1.165) is 24.9 Å². The van der Waals surface area contributed by atoms with Crippen LogP contribution in [-0.4, -0.2) is 36.4 Å². The Labute approximate surface area is 141 Å². The van der Waals surface area contributed by atoms with Gasteiger partial charge in [-0.3, -0.25) is 0 Å². The van der Waals surface area contributed by atoms with Crippen molar-refractivity contribution in [1.82, 2.24) is 9.55 Å². The number of benzene rings is 1. The molecular formula is C17H20N2O4S. The summed E-state index contributed by atoms with van der Waals surface area (Å²) in [7, 11) is -3.66. The minimum atomic E-state index is -3.66. The molecule has 4 rings (SSSR count). The van der Waals surface area contributed by atoms with Gasteiger partial charge < -0.3 is 13.5 Å². The maximum Gasteiger partial charge on any atom is 0.311 e. The molecule has 1 aliphatic heterocycles. The summed E-state index contributed by atoms with van der Waals surface area (Å²) < 4.78 is 37.3. The van der Waals surface area contributed by atoms with E-state index in [4.69, 9.17) is 8.92 Å². The zero-order valence-electron chi connectivity index (χ0n) is 13.3. The maximum absolute atomic E-state index is 12.3. The molecule has 1 aromatic heterocycles. The average molecular weight is 348 g/mol. The molecule has 7 heteroatoms. The molecule has 1 aliphatic carbocycles. The van der Waals surface area contributed by atoms with E-state index in [2.05, 4.69) is 4.98 Å². The van der Waals surface area contributed by atoms with Crippen LogP contribution in [0.25, 0.3) is 5.69 Å². The zero-order valence-corrected chi connectivity index (χ0v) is 14.1. The van der Waals surface area contributed by atoms with E-state index < -0.39 is 10.1 Å². The molecule has 0 radical (unpaired) electrons. The largest absolute Gasteiger partial charge is 0.382 e. The highest BCUT2D eigenvalue weighted by Crippen LogP contribution is 2.49. The molecule has 2 fully saturated rings. The first kappa shape index (κ1) is 15.7. The molecule has 24 heavy (non-hydrogen) atoms. The molecule has 1 unspecified atom stereocenters. The number of hydrogen-bond donors (Lipinski definition) is 0. The molecule has 1 aromatic carbocycles. The Morgan fingerprint density at radius 3 is 2.67 bits per heavy atom. The van der Waals surface area contributed by atoms with Gasteiger partial charge in [0.05, 0.1) is 19.0 Å². The van der Waals surface area contributed by atoms with Gasteiger partial charge in [0.15, 0.2) is 0 Å². The Bertz CT molecular complexity index is 796. The smallest absolute Gasteiger partial charge is 0.311 e. The van der Waals surface area contributed by atoms with Crippen LogP contribution in [0.2, 0.25) is 0 Å². The Hall–Kier alpha value is -1.86. The van der Waals surface area contributed by atoms with Crippen molar-refractivity contribution < 1.29 is 17.3 Å². The molecule has 0 bridgehead atoms. The molecule has 128 valence electrons. The minimum Gasteiger partial charge on any atom is -0.382 e. The molecular weight excluding hydrogens is 328 g/mol. The van der Waals surface area contributed by atoms with E-state index in [0.29, 0.717) is 12.4 Å². The summed E-state index contributed by atoms with van der Waals surface area (Å²) in [5.74, 6) is 0.230. The van der Waals surface area contributed by atoms with Crippen molar-refractivity contribution in [1.29, 1.82) is 0 Å². The Morgan fingerprint density at radius 1 is 1.29 bits per heavy atom. The van der Waals surface area contributed by atoms with Crippen LogP contribution in [0.3, 0.4) is 0 Å². The number of imidazole rings is 1. The van der Waals surface area contributed by atoms with E-state index in [-0.39, 0.29) is 17.3 Å². The van der Waals surface area contributed by atoms with Gasteiger partial charge in [-0.15, -0.1) is 0 Å². The first-order valence-corrected chi connectivity index (χ1v) is 9.74. The minimum absolute atomic E-state index is 0.0853. The van der Waals surface area contributed by atoms with Gasteiger partial charge in [0.1, 0.15) is 11.5 Å². The molecule has 1 spiro atoms. The fourth-order valence-electron chi connectivity index (χ4n) is 3.52. The highest BCUT2D eigenvalue weighted by Gasteiger charge is 2.45. The second-order valence-corrected chi connectivity index (χ2v) is 8.38. The van der Waals surface area contributed by atoms with Gasteiger partial charge in [0, 0.05) is 18.1 Å². The summed E-state index contributed by atoms with van der Waals surface area (Å²) in [4.78, 5) is 3.98. The lowest BCUT2D eigenvalue weighted by Gasteiger charge is -2.36. The first-order valence-electron chi connectivity index (χ1n) is 8.16. The number of ether oxygens (including phenoxy) is 1. The van der Waals surface area contributed by atoms with Crippen molar-refractivity contribution in [2.75, 3.05) is 12.4 Å². The zero-order chi connectivity index (χ0) is 16.6. The molecule has 0 amide bonds.